The second-order valence-electron chi connectivity index (χ2n) is 5.58. The van der Waals surface area contributed by atoms with Crippen molar-refractivity contribution in [3.05, 3.63) is 64.2 Å². The summed E-state index contributed by atoms with van der Waals surface area (Å²) in [5, 5.41) is 22.5. The van der Waals surface area contributed by atoms with Crippen molar-refractivity contribution in [3.8, 4) is 5.69 Å². The molecule has 0 atom stereocenters. The molecule has 142 valence electrons. The van der Waals surface area contributed by atoms with Crippen LogP contribution in [0.1, 0.15) is 10.4 Å². The highest BCUT2D eigenvalue weighted by atomic mass is 32.2. The number of carbonyl (C=O) groups excluding carboxylic acids is 1. The molecule has 13 heteroatoms. The van der Waals surface area contributed by atoms with E-state index in [2.05, 4.69) is 15.5 Å². The number of hydrogen-bond acceptors (Lipinski definition) is 9. The lowest BCUT2D eigenvalue weighted by molar-refractivity contribution is -0.384. The second kappa shape index (κ2) is 6.69. The van der Waals surface area contributed by atoms with E-state index < -0.39 is 20.9 Å². The van der Waals surface area contributed by atoms with Crippen LogP contribution in [0.3, 0.4) is 0 Å². The molecule has 0 fully saturated rings. The minimum absolute atomic E-state index is 0.225. The molecule has 0 saturated heterocycles. The first-order valence-corrected chi connectivity index (χ1v) is 10.1. The van der Waals surface area contributed by atoms with Gasteiger partial charge in [-0.05, 0) is 28.6 Å². The summed E-state index contributed by atoms with van der Waals surface area (Å²) in [6.07, 6.45) is 0. The van der Waals surface area contributed by atoms with Gasteiger partial charge in [0.05, 0.1) is 22.1 Å². The fourth-order valence-electron chi connectivity index (χ4n) is 2.63. The molecule has 1 aromatic heterocycles. The molecular weight excluding hydrogens is 408 g/mol. The van der Waals surface area contributed by atoms with E-state index in [-0.39, 0.29) is 27.2 Å². The van der Waals surface area contributed by atoms with Crippen molar-refractivity contribution in [1.82, 2.24) is 24.5 Å². The van der Waals surface area contributed by atoms with Crippen molar-refractivity contribution in [2.24, 2.45) is 0 Å². The van der Waals surface area contributed by atoms with Gasteiger partial charge in [0.25, 0.3) is 21.6 Å². The second-order valence-corrected chi connectivity index (χ2v) is 8.32. The Balaban J connectivity index is 1.61. The van der Waals surface area contributed by atoms with E-state index in [9.17, 15) is 23.3 Å². The first-order chi connectivity index (χ1) is 13.4. The largest absolute Gasteiger partial charge is 0.270 e. The lowest BCUT2D eigenvalue weighted by atomic mass is 10.2. The summed E-state index contributed by atoms with van der Waals surface area (Å²) in [4.78, 5) is 22.5. The summed E-state index contributed by atoms with van der Waals surface area (Å²) in [6, 6.07) is 12.0. The standard InChI is InChI=1S/C15H10N6O5S2/c22-14-12-8-11(21(23)24)6-7-13(12)28(25,26)19(14)9-27-15-16-17-18-20(15)10-4-2-1-3-5-10/h1-8H,9H2. The third-order valence-corrected chi connectivity index (χ3v) is 6.80. The number of thioether (sulfide) groups is 1. The van der Waals surface area contributed by atoms with Gasteiger partial charge in [-0.1, -0.05) is 30.0 Å². The van der Waals surface area contributed by atoms with Gasteiger partial charge < -0.3 is 0 Å². The number of para-hydroxylation sites is 1. The maximum Gasteiger partial charge on any atom is 0.270 e. The van der Waals surface area contributed by atoms with Crippen molar-refractivity contribution in [1.29, 1.82) is 0 Å². The molecule has 11 nitrogen and oxygen atoms in total. The van der Waals surface area contributed by atoms with E-state index in [1.54, 1.807) is 24.3 Å². The Labute approximate surface area is 162 Å². The van der Waals surface area contributed by atoms with Crippen LogP contribution in [-0.4, -0.2) is 49.6 Å². The zero-order chi connectivity index (χ0) is 19.9. The Morgan fingerprint density at radius 2 is 1.89 bits per heavy atom. The number of nitrogens with zero attached hydrogens (tertiary/aromatic N) is 6. The van der Waals surface area contributed by atoms with Gasteiger partial charge in [-0.15, -0.1) is 5.10 Å². The van der Waals surface area contributed by atoms with Gasteiger partial charge in [-0.3, -0.25) is 14.9 Å². The lowest BCUT2D eigenvalue weighted by Gasteiger charge is -2.13. The normalized spacial score (nSPS) is 14.9. The molecule has 2 heterocycles. The zero-order valence-electron chi connectivity index (χ0n) is 13.9. The average Bonchev–Trinajstić information content (AvgIpc) is 3.22. The van der Waals surface area contributed by atoms with Gasteiger partial charge in [0, 0.05) is 12.1 Å². The van der Waals surface area contributed by atoms with Gasteiger partial charge in [-0.25, -0.2) is 12.7 Å². The van der Waals surface area contributed by atoms with E-state index in [1.807, 2.05) is 6.07 Å². The number of nitro benzene ring substituents is 1. The van der Waals surface area contributed by atoms with Crippen LogP contribution < -0.4 is 0 Å². The van der Waals surface area contributed by atoms with Gasteiger partial charge >= 0.3 is 0 Å². The maximum absolute atomic E-state index is 12.7. The molecule has 0 radical (unpaired) electrons. The Morgan fingerprint density at radius 3 is 2.61 bits per heavy atom. The highest BCUT2D eigenvalue weighted by Gasteiger charge is 2.42. The molecule has 0 aliphatic carbocycles. The average molecular weight is 418 g/mol. The third-order valence-electron chi connectivity index (χ3n) is 3.95. The molecule has 3 aromatic rings. The summed E-state index contributed by atoms with van der Waals surface area (Å²) < 4.78 is 27.4. The number of non-ortho nitro benzene ring substituents is 1. The number of hydrogen-bond donors (Lipinski definition) is 0. The van der Waals surface area contributed by atoms with Crippen molar-refractivity contribution in [2.45, 2.75) is 10.1 Å². The fraction of sp³-hybridized carbons (Fsp3) is 0.0667. The van der Waals surface area contributed by atoms with Crippen LogP contribution in [0.4, 0.5) is 5.69 Å². The molecule has 28 heavy (non-hydrogen) atoms. The van der Waals surface area contributed by atoms with E-state index in [0.29, 0.717) is 9.99 Å². The predicted octanol–water partition coefficient (Wildman–Crippen LogP) is 1.46. The number of sulfonamides is 1. The molecule has 1 aliphatic rings. The number of tetrazole rings is 1. The van der Waals surface area contributed by atoms with E-state index in [0.717, 1.165) is 30.0 Å². The molecule has 0 unspecified atom stereocenters. The third kappa shape index (κ3) is 2.90. The first-order valence-electron chi connectivity index (χ1n) is 7.72. The quantitative estimate of drug-likeness (QED) is 0.342. The Kier molecular flexibility index (Phi) is 4.31. The number of nitro groups is 1. The first kappa shape index (κ1) is 18.1. The van der Waals surface area contributed by atoms with Crippen LogP contribution in [-0.2, 0) is 10.0 Å². The Hall–Kier alpha value is -3.32. The number of aromatic nitrogens is 4. The van der Waals surface area contributed by atoms with E-state index in [1.165, 1.54) is 4.68 Å². The van der Waals surface area contributed by atoms with Crippen LogP contribution in [0.5, 0.6) is 0 Å². The van der Waals surface area contributed by atoms with Crippen LogP contribution in [0.15, 0.2) is 58.6 Å². The number of amides is 1. The van der Waals surface area contributed by atoms with Crippen LogP contribution in [0.2, 0.25) is 0 Å². The predicted molar refractivity (Wildman–Crippen MR) is 96.3 cm³/mol. The van der Waals surface area contributed by atoms with Gasteiger partial charge in [0.15, 0.2) is 0 Å². The molecule has 0 saturated carbocycles. The molecule has 0 N–H and O–H groups in total. The molecule has 1 aliphatic heterocycles. The van der Waals surface area contributed by atoms with Crippen LogP contribution in [0.25, 0.3) is 5.69 Å². The Morgan fingerprint density at radius 1 is 1.14 bits per heavy atom. The summed E-state index contributed by atoms with van der Waals surface area (Å²) in [5.74, 6) is -1.11. The highest BCUT2D eigenvalue weighted by molar-refractivity contribution is 8.00. The number of benzene rings is 2. The molecular formula is C15H10N6O5S2. The number of fused-ring (bicyclic) bond motifs is 1. The summed E-state index contributed by atoms with van der Waals surface area (Å²) in [5.41, 5.74) is 0.0896. The summed E-state index contributed by atoms with van der Waals surface area (Å²) in [7, 11) is -4.11. The molecule has 4 rings (SSSR count). The smallest absolute Gasteiger partial charge is 0.268 e. The molecule has 0 spiro atoms. The SMILES string of the molecule is O=C1c2cc([N+](=O)[O-])ccc2S(=O)(=O)N1CSc1nnnn1-c1ccccc1. The monoisotopic (exact) mass is 418 g/mol. The van der Waals surface area contributed by atoms with Crippen LogP contribution in [0, 0.1) is 10.1 Å². The maximum atomic E-state index is 12.7. The van der Waals surface area contributed by atoms with Crippen LogP contribution >= 0.6 is 11.8 Å². The van der Waals surface area contributed by atoms with Crippen molar-refractivity contribution >= 4 is 33.4 Å². The summed E-state index contributed by atoms with van der Waals surface area (Å²) in [6.45, 7) is 0. The molecule has 0 bridgehead atoms. The van der Waals surface area contributed by atoms with Crippen molar-refractivity contribution < 1.29 is 18.1 Å². The Bertz CT molecular complexity index is 1190. The van der Waals surface area contributed by atoms with Crippen molar-refractivity contribution in [2.75, 3.05) is 5.88 Å². The minimum Gasteiger partial charge on any atom is -0.268 e. The number of rotatable bonds is 5. The van der Waals surface area contributed by atoms with Gasteiger partial charge in [0.2, 0.25) is 5.16 Å². The number of carbonyl (C=O) groups is 1. The highest BCUT2D eigenvalue weighted by Crippen LogP contribution is 2.34. The minimum atomic E-state index is -4.11. The van der Waals surface area contributed by atoms with E-state index >= 15 is 0 Å². The molecule has 2 aromatic carbocycles. The summed E-state index contributed by atoms with van der Waals surface area (Å²) >= 11 is 0.952. The zero-order valence-corrected chi connectivity index (χ0v) is 15.5. The van der Waals surface area contributed by atoms with Gasteiger partial charge in [-0.2, -0.15) is 4.68 Å². The van der Waals surface area contributed by atoms with E-state index in [4.69, 9.17) is 0 Å². The lowest BCUT2D eigenvalue weighted by Crippen LogP contribution is -2.29. The topological polar surface area (TPSA) is 141 Å². The van der Waals surface area contributed by atoms with Crippen molar-refractivity contribution in [3.63, 3.8) is 0 Å². The van der Waals surface area contributed by atoms with Gasteiger partial charge in [0.1, 0.15) is 4.90 Å². The fourth-order valence-corrected chi connectivity index (χ4v) is 5.27. The molecule has 1 amide bonds.